The van der Waals surface area contributed by atoms with Crippen molar-refractivity contribution in [3.63, 3.8) is 0 Å². The van der Waals surface area contributed by atoms with Crippen molar-refractivity contribution in [3.8, 4) is 0 Å². The topological polar surface area (TPSA) is 20.2 Å². The third-order valence-corrected chi connectivity index (χ3v) is 2.28. The van der Waals surface area contributed by atoms with Crippen LogP contribution in [-0.4, -0.2) is 11.7 Å². The second kappa shape index (κ2) is 4.63. The molecule has 1 aromatic rings. The first-order valence-electron chi connectivity index (χ1n) is 4.07. The summed E-state index contributed by atoms with van der Waals surface area (Å²) in [4.78, 5) is 0. The Morgan fingerprint density at radius 1 is 1.50 bits per heavy atom. The maximum atomic E-state index is 8.85. The molecule has 66 valence electrons. The van der Waals surface area contributed by atoms with Gasteiger partial charge in [0.1, 0.15) is 0 Å². The van der Waals surface area contributed by atoms with E-state index in [4.69, 9.17) is 5.11 Å². The summed E-state index contributed by atoms with van der Waals surface area (Å²) in [6.07, 6.45) is 0.940. The molecule has 0 saturated heterocycles. The Kier molecular flexibility index (Phi) is 3.76. The Hall–Kier alpha value is -0.340. The van der Waals surface area contributed by atoms with Crippen molar-refractivity contribution < 1.29 is 5.11 Å². The van der Waals surface area contributed by atoms with Gasteiger partial charge in [-0.15, -0.1) is 0 Å². The number of halogens is 1. The van der Waals surface area contributed by atoms with Crippen LogP contribution in [0.1, 0.15) is 12.5 Å². The fourth-order valence-electron chi connectivity index (χ4n) is 1.13. The average Bonchev–Trinajstić information content (AvgIpc) is 2.04. The van der Waals surface area contributed by atoms with Gasteiger partial charge in [-0.3, -0.25) is 0 Å². The summed E-state index contributed by atoms with van der Waals surface area (Å²) in [7, 11) is 0. The molecule has 0 amide bonds. The molecule has 1 rings (SSSR count). The van der Waals surface area contributed by atoms with Crippen LogP contribution in [0.5, 0.6) is 0 Å². The summed E-state index contributed by atoms with van der Waals surface area (Å²) < 4.78 is 1.10. The number of aliphatic hydroxyl groups excluding tert-OH is 1. The predicted octanol–water partition coefficient (Wildman–Crippen LogP) is 2.62. The first-order valence-corrected chi connectivity index (χ1v) is 4.87. The van der Waals surface area contributed by atoms with E-state index in [1.165, 1.54) is 5.56 Å². The van der Waals surface area contributed by atoms with Gasteiger partial charge in [0.15, 0.2) is 0 Å². The molecule has 0 aliphatic heterocycles. The Bertz CT molecular complexity index is 247. The molecule has 12 heavy (non-hydrogen) atoms. The van der Waals surface area contributed by atoms with Gasteiger partial charge in [0.2, 0.25) is 0 Å². The summed E-state index contributed by atoms with van der Waals surface area (Å²) >= 11 is 3.41. The van der Waals surface area contributed by atoms with Crippen molar-refractivity contribution in [1.82, 2.24) is 0 Å². The van der Waals surface area contributed by atoms with Crippen LogP contribution in [0.2, 0.25) is 0 Å². The number of benzene rings is 1. The molecule has 0 heterocycles. The lowest BCUT2D eigenvalue weighted by molar-refractivity contribution is 0.237. The number of rotatable bonds is 3. The lowest BCUT2D eigenvalue weighted by Gasteiger charge is -2.07. The molecule has 1 nitrogen and oxygen atoms in total. The Balaban J connectivity index is 2.63. The van der Waals surface area contributed by atoms with Crippen LogP contribution in [0.4, 0.5) is 0 Å². The highest BCUT2D eigenvalue weighted by molar-refractivity contribution is 9.10. The van der Waals surface area contributed by atoms with Crippen molar-refractivity contribution in [2.75, 3.05) is 6.61 Å². The van der Waals surface area contributed by atoms with Gasteiger partial charge in [0.25, 0.3) is 0 Å². The van der Waals surface area contributed by atoms with Crippen molar-refractivity contribution in [2.24, 2.45) is 5.92 Å². The van der Waals surface area contributed by atoms with Gasteiger partial charge in [0.05, 0.1) is 0 Å². The molecule has 1 aromatic carbocycles. The molecule has 1 atom stereocenters. The van der Waals surface area contributed by atoms with Crippen molar-refractivity contribution in [2.45, 2.75) is 13.3 Å². The van der Waals surface area contributed by atoms with Crippen LogP contribution in [0.25, 0.3) is 0 Å². The van der Waals surface area contributed by atoms with Gasteiger partial charge < -0.3 is 5.11 Å². The molecule has 0 aliphatic carbocycles. The van der Waals surface area contributed by atoms with Crippen LogP contribution in [0.15, 0.2) is 28.7 Å². The van der Waals surface area contributed by atoms with Gasteiger partial charge in [-0.25, -0.2) is 0 Å². The summed E-state index contributed by atoms with van der Waals surface area (Å²) in [6.45, 7) is 2.30. The van der Waals surface area contributed by atoms with Crippen molar-refractivity contribution in [1.29, 1.82) is 0 Å². The Labute approximate surface area is 81.6 Å². The third-order valence-electron chi connectivity index (χ3n) is 1.78. The fourth-order valence-corrected chi connectivity index (χ4v) is 1.58. The monoisotopic (exact) mass is 228 g/mol. The molecule has 1 unspecified atom stereocenters. The minimum absolute atomic E-state index is 0.256. The molecular weight excluding hydrogens is 216 g/mol. The van der Waals surface area contributed by atoms with E-state index in [1.807, 2.05) is 19.1 Å². The van der Waals surface area contributed by atoms with E-state index in [0.717, 1.165) is 10.9 Å². The second-order valence-electron chi connectivity index (χ2n) is 3.12. The van der Waals surface area contributed by atoms with Gasteiger partial charge in [-0.1, -0.05) is 35.0 Å². The summed E-state index contributed by atoms with van der Waals surface area (Å²) in [6, 6.07) is 8.19. The van der Waals surface area contributed by atoms with Gasteiger partial charge in [0, 0.05) is 11.1 Å². The van der Waals surface area contributed by atoms with E-state index in [2.05, 4.69) is 28.1 Å². The standard InChI is InChI=1S/C10H13BrO/c1-8(7-12)5-9-3-2-4-10(11)6-9/h2-4,6,8,12H,5,7H2,1H3. The number of hydrogen-bond donors (Lipinski definition) is 1. The highest BCUT2D eigenvalue weighted by Crippen LogP contribution is 2.14. The number of hydrogen-bond acceptors (Lipinski definition) is 1. The van der Waals surface area contributed by atoms with Crippen molar-refractivity contribution in [3.05, 3.63) is 34.3 Å². The lowest BCUT2D eigenvalue weighted by atomic mass is 10.0. The van der Waals surface area contributed by atoms with Crippen LogP contribution in [0, 0.1) is 5.92 Å². The van der Waals surface area contributed by atoms with Gasteiger partial charge >= 0.3 is 0 Å². The van der Waals surface area contributed by atoms with E-state index in [0.29, 0.717) is 5.92 Å². The fraction of sp³-hybridized carbons (Fsp3) is 0.400. The maximum Gasteiger partial charge on any atom is 0.0459 e. The zero-order valence-corrected chi connectivity index (χ0v) is 8.71. The zero-order chi connectivity index (χ0) is 8.97. The highest BCUT2D eigenvalue weighted by atomic mass is 79.9. The van der Waals surface area contributed by atoms with Crippen molar-refractivity contribution >= 4 is 15.9 Å². The Morgan fingerprint density at radius 2 is 2.25 bits per heavy atom. The molecular formula is C10H13BrO. The smallest absolute Gasteiger partial charge is 0.0459 e. The first kappa shape index (κ1) is 9.75. The number of aliphatic hydroxyl groups is 1. The SMILES string of the molecule is CC(CO)Cc1cccc(Br)c1. The molecule has 0 saturated carbocycles. The van der Waals surface area contributed by atoms with Gasteiger partial charge in [-0.2, -0.15) is 0 Å². The van der Waals surface area contributed by atoms with E-state index >= 15 is 0 Å². The molecule has 0 bridgehead atoms. The summed E-state index contributed by atoms with van der Waals surface area (Å²) in [5.74, 6) is 0.347. The second-order valence-corrected chi connectivity index (χ2v) is 4.04. The van der Waals surface area contributed by atoms with E-state index < -0.39 is 0 Å². The first-order chi connectivity index (χ1) is 5.72. The Morgan fingerprint density at radius 3 is 2.83 bits per heavy atom. The maximum absolute atomic E-state index is 8.85. The largest absolute Gasteiger partial charge is 0.396 e. The van der Waals surface area contributed by atoms with E-state index in [1.54, 1.807) is 0 Å². The predicted molar refractivity (Wildman–Crippen MR) is 54.1 cm³/mol. The van der Waals surface area contributed by atoms with E-state index in [9.17, 15) is 0 Å². The van der Waals surface area contributed by atoms with E-state index in [-0.39, 0.29) is 6.61 Å². The average molecular weight is 229 g/mol. The van der Waals surface area contributed by atoms with Crippen LogP contribution < -0.4 is 0 Å². The summed E-state index contributed by atoms with van der Waals surface area (Å²) in [5.41, 5.74) is 1.27. The van der Waals surface area contributed by atoms with Crippen LogP contribution in [0.3, 0.4) is 0 Å². The van der Waals surface area contributed by atoms with Gasteiger partial charge in [-0.05, 0) is 30.0 Å². The lowest BCUT2D eigenvalue weighted by Crippen LogP contribution is -2.04. The summed E-state index contributed by atoms with van der Waals surface area (Å²) in [5, 5.41) is 8.85. The molecule has 0 aliphatic rings. The minimum Gasteiger partial charge on any atom is -0.396 e. The molecule has 0 fully saturated rings. The normalized spacial score (nSPS) is 12.9. The van der Waals surface area contributed by atoms with Crippen LogP contribution in [-0.2, 0) is 6.42 Å². The zero-order valence-electron chi connectivity index (χ0n) is 7.13. The molecule has 0 aromatic heterocycles. The highest BCUT2D eigenvalue weighted by Gasteiger charge is 2.01. The minimum atomic E-state index is 0.256. The third kappa shape index (κ3) is 2.95. The quantitative estimate of drug-likeness (QED) is 0.844. The molecule has 0 spiro atoms. The molecule has 2 heteroatoms. The van der Waals surface area contributed by atoms with Crippen LogP contribution >= 0.6 is 15.9 Å². The molecule has 0 radical (unpaired) electrons. The molecule has 1 N–H and O–H groups in total.